The largest absolute Gasteiger partial charge is 0.495 e. The number of benzene rings is 2. The average Bonchev–Trinajstić information content (AvgIpc) is 2.85. The van der Waals surface area contributed by atoms with Gasteiger partial charge in [-0.25, -0.2) is 0 Å². The van der Waals surface area contributed by atoms with Crippen molar-refractivity contribution in [1.29, 1.82) is 0 Å². The normalized spacial score (nSPS) is 21.2. The number of nitrogens with zero attached hydrogens (tertiary/aromatic N) is 2. The first-order chi connectivity index (χ1) is 15.6. The molecule has 0 radical (unpaired) electrons. The number of carbonyl (C=O) groups excluding carboxylic acids is 2. The van der Waals surface area contributed by atoms with Crippen LogP contribution in [0.25, 0.3) is 0 Å². The molecule has 32 heavy (non-hydrogen) atoms. The molecular formula is C26H33N3O3. The highest BCUT2D eigenvalue weighted by molar-refractivity contribution is 5.82. The summed E-state index contributed by atoms with van der Waals surface area (Å²) in [5, 5.41) is 3.28. The van der Waals surface area contributed by atoms with Crippen LogP contribution in [0.1, 0.15) is 31.2 Å². The first-order valence-electron chi connectivity index (χ1n) is 11.6. The van der Waals surface area contributed by atoms with Gasteiger partial charge in [0.1, 0.15) is 5.75 Å². The lowest BCUT2D eigenvalue weighted by atomic mass is 9.95. The van der Waals surface area contributed by atoms with Gasteiger partial charge >= 0.3 is 0 Å². The number of carbonyl (C=O) groups is 2. The maximum Gasteiger partial charge on any atom is 0.227 e. The van der Waals surface area contributed by atoms with E-state index in [2.05, 4.69) is 16.3 Å². The van der Waals surface area contributed by atoms with Gasteiger partial charge in [-0.2, -0.15) is 0 Å². The SMILES string of the molecule is COc1ccccc1N1CCCC(NC(=O)C2CCCN(C(=O)Cc3ccccc3)C2)C1. The molecule has 0 aromatic heterocycles. The van der Waals surface area contributed by atoms with Crippen molar-refractivity contribution in [2.45, 2.75) is 38.1 Å². The van der Waals surface area contributed by atoms with Crippen LogP contribution in [0.2, 0.25) is 0 Å². The molecule has 0 saturated carbocycles. The second kappa shape index (κ2) is 10.5. The molecule has 0 spiro atoms. The van der Waals surface area contributed by atoms with Gasteiger partial charge in [0.05, 0.1) is 25.1 Å². The number of rotatable bonds is 6. The summed E-state index contributed by atoms with van der Waals surface area (Å²) in [4.78, 5) is 30.0. The van der Waals surface area contributed by atoms with E-state index in [1.54, 1.807) is 7.11 Å². The van der Waals surface area contributed by atoms with Crippen molar-refractivity contribution in [3.05, 3.63) is 60.2 Å². The van der Waals surface area contributed by atoms with Gasteiger partial charge in [0.2, 0.25) is 11.8 Å². The van der Waals surface area contributed by atoms with Crippen molar-refractivity contribution in [3.63, 3.8) is 0 Å². The molecular weight excluding hydrogens is 402 g/mol. The molecule has 2 heterocycles. The molecule has 0 bridgehead atoms. The molecule has 2 aliphatic rings. The zero-order valence-electron chi connectivity index (χ0n) is 18.8. The van der Waals surface area contributed by atoms with Gasteiger partial charge in [0.15, 0.2) is 0 Å². The molecule has 1 N–H and O–H groups in total. The van der Waals surface area contributed by atoms with Crippen molar-refractivity contribution in [3.8, 4) is 5.75 Å². The van der Waals surface area contributed by atoms with E-state index in [9.17, 15) is 9.59 Å². The Labute approximate surface area is 190 Å². The third kappa shape index (κ3) is 5.42. The first kappa shape index (κ1) is 22.2. The lowest BCUT2D eigenvalue weighted by Gasteiger charge is -2.37. The number of methoxy groups -OCH3 is 1. The van der Waals surface area contributed by atoms with Gasteiger partial charge in [-0.3, -0.25) is 9.59 Å². The molecule has 170 valence electrons. The topological polar surface area (TPSA) is 61.9 Å². The Morgan fingerprint density at radius 2 is 1.72 bits per heavy atom. The highest BCUT2D eigenvalue weighted by atomic mass is 16.5. The third-order valence-corrected chi connectivity index (χ3v) is 6.54. The maximum absolute atomic E-state index is 13.1. The number of para-hydroxylation sites is 2. The van der Waals surface area contributed by atoms with Gasteiger partial charge in [-0.1, -0.05) is 42.5 Å². The van der Waals surface area contributed by atoms with E-state index in [1.807, 2.05) is 53.4 Å². The minimum absolute atomic E-state index is 0.0779. The molecule has 2 fully saturated rings. The highest BCUT2D eigenvalue weighted by Gasteiger charge is 2.31. The lowest BCUT2D eigenvalue weighted by molar-refractivity contribution is -0.135. The Morgan fingerprint density at radius 3 is 2.53 bits per heavy atom. The third-order valence-electron chi connectivity index (χ3n) is 6.54. The molecule has 4 rings (SSSR count). The number of amides is 2. The monoisotopic (exact) mass is 435 g/mol. The number of hydrogen-bond donors (Lipinski definition) is 1. The van der Waals surface area contributed by atoms with E-state index in [-0.39, 0.29) is 23.8 Å². The fraction of sp³-hybridized carbons (Fsp3) is 0.462. The van der Waals surface area contributed by atoms with E-state index < -0.39 is 0 Å². The molecule has 2 unspecified atom stereocenters. The molecule has 2 saturated heterocycles. The zero-order valence-corrected chi connectivity index (χ0v) is 18.8. The van der Waals surface area contributed by atoms with Gasteiger partial charge in [-0.15, -0.1) is 0 Å². The van der Waals surface area contributed by atoms with Gasteiger partial charge < -0.3 is 19.9 Å². The van der Waals surface area contributed by atoms with Crippen LogP contribution in [0.3, 0.4) is 0 Å². The summed E-state index contributed by atoms with van der Waals surface area (Å²) >= 11 is 0. The van der Waals surface area contributed by atoms with Crippen LogP contribution in [0, 0.1) is 5.92 Å². The summed E-state index contributed by atoms with van der Waals surface area (Å²) in [5.74, 6) is 0.909. The van der Waals surface area contributed by atoms with Gasteiger partial charge in [0, 0.05) is 32.2 Å². The van der Waals surface area contributed by atoms with Gasteiger partial charge in [0.25, 0.3) is 0 Å². The van der Waals surface area contributed by atoms with Crippen LogP contribution in [0.5, 0.6) is 5.75 Å². The van der Waals surface area contributed by atoms with Crippen LogP contribution < -0.4 is 15.0 Å². The molecule has 2 aromatic rings. The number of nitrogens with one attached hydrogen (secondary N) is 1. The molecule has 2 atom stereocenters. The van der Waals surface area contributed by atoms with E-state index in [0.717, 1.165) is 62.3 Å². The van der Waals surface area contributed by atoms with Crippen molar-refractivity contribution < 1.29 is 14.3 Å². The Bertz CT molecular complexity index is 918. The van der Waals surface area contributed by atoms with Crippen LogP contribution >= 0.6 is 0 Å². The Balaban J connectivity index is 1.32. The summed E-state index contributed by atoms with van der Waals surface area (Å²) in [5.41, 5.74) is 2.09. The highest BCUT2D eigenvalue weighted by Crippen LogP contribution is 2.30. The average molecular weight is 436 g/mol. The Morgan fingerprint density at radius 1 is 0.969 bits per heavy atom. The minimum Gasteiger partial charge on any atom is -0.495 e. The van der Waals surface area contributed by atoms with Crippen LogP contribution in [0.4, 0.5) is 5.69 Å². The minimum atomic E-state index is -0.134. The number of anilines is 1. The molecule has 2 aliphatic heterocycles. The number of hydrogen-bond acceptors (Lipinski definition) is 4. The fourth-order valence-corrected chi connectivity index (χ4v) is 4.82. The van der Waals surface area contributed by atoms with E-state index in [0.29, 0.717) is 13.0 Å². The number of piperidine rings is 2. The molecule has 0 aliphatic carbocycles. The van der Waals surface area contributed by atoms with E-state index in [1.165, 1.54) is 0 Å². The molecule has 6 heteroatoms. The quantitative estimate of drug-likeness (QED) is 0.757. The lowest BCUT2D eigenvalue weighted by Crippen LogP contribution is -2.52. The summed E-state index contributed by atoms with van der Waals surface area (Å²) in [6.45, 7) is 2.98. The maximum atomic E-state index is 13.1. The van der Waals surface area contributed by atoms with Crippen molar-refractivity contribution in [1.82, 2.24) is 10.2 Å². The fourth-order valence-electron chi connectivity index (χ4n) is 4.82. The van der Waals surface area contributed by atoms with E-state index in [4.69, 9.17) is 4.74 Å². The molecule has 2 aromatic carbocycles. The molecule has 6 nitrogen and oxygen atoms in total. The zero-order chi connectivity index (χ0) is 22.3. The first-order valence-corrected chi connectivity index (χ1v) is 11.6. The summed E-state index contributed by atoms with van der Waals surface area (Å²) in [6.07, 6.45) is 4.10. The van der Waals surface area contributed by atoms with Crippen molar-refractivity contribution in [2.24, 2.45) is 5.92 Å². The van der Waals surface area contributed by atoms with Gasteiger partial charge in [-0.05, 0) is 43.4 Å². The second-order valence-corrected chi connectivity index (χ2v) is 8.81. The molecule has 2 amide bonds. The smallest absolute Gasteiger partial charge is 0.227 e. The Hall–Kier alpha value is -3.02. The number of ether oxygens (including phenoxy) is 1. The predicted octanol–water partition coefficient (Wildman–Crippen LogP) is 3.26. The Kier molecular flexibility index (Phi) is 7.30. The summed E-state index contributed by atoms with van der Waals surface area (Å²) < 4.78 is 5.52. The summed E-state index contributed by atoms with van der Waals surface area (Å²) in [6, 6.07) is 17.9. The van der Waals surface area contributed by atoms with Crippen molar-refractivity contribution in [2.75, 3.05) is 38.2 Å². The predicted molar refractivity (Wildman–Crippen MR) is 126 cm³/mol. The van der Waals surface area contributed by atoms with Crippen LogP contribution in [-0.2, 0) is 16.0 Å². The van der Waals surface area contributed by atoms with Crippen LogP contribution in [-0.4, -0.2) is 56.0 Å². The second-order valence-electron chi connectivity index (χ2n) is 8.81. The number of likely N-dealkylation sites (tertiary alicyclic amines) is 1. The van der Waals surface area contributed by atoms with E-state index >= 15 is 0 Å². The standard InChI is InChI=1S/C26H33N3O3/c1-32-24-14-6-5-13-23(24)28-15-8-12-22(19-28)27-26(31)21-11-7-16-29(18-21)25(30)17-20-9-3-2-4-10-20/h2-6,9-10,13-14,21-22H,7-8,11-12,15-19H2,1H3,(H,27,31). The van der Waals surface area contributed by atoms with Crippen molar-refractivity contribution >= 4 is 17.5 Å². The van der Waals surface area contributed by atoms with Crippen LogP contribution in [0.15, 0.2) is 54.6 Å². The summed E-state index contributed by atoms with van der Waals surface area (Å²) in [7, 11) is 1.69.